The minimum Gasteiger partial charge on any atom is -0.354 e. The summed E-state index contributed by atoms with van der Waals surface area (Å²) in [4.78, 5) is 12.4. The van der Waals surface area contributed by atoms with Crippen LogP contribution in [-0.4, -0.2) is 27.2 Å². The van der Waals surface area contributed by atoms with Crippen LogP contribution in [-0.2, 0) is 11.3 Å². The molecule has 2 N–H and O–H groups in total. The molecule has 1 aromatic heterocycles. The van der Waals surface area contributed by atoms with Crippen LogP contribution in [0.25, 0.3) is 0 Å². The molecule has 1 aromatic rings. The molecular weight excluding hydrogens is 296 g/mol. The molecule has 1 amide bonds. The zero-order chi connectivity index (χ0) is 14.8. The van der Waals surface area contributed by atoms with Crippen LogP contribution in [0.2, 0.25) is 0 Å². The Morgan fingerprint density at radius 1 is 1.27 bits per heavy atom. The quantitative estimate of drug-likeness (QED) is 0.818. The summed E-state index contributed by atoms with van der Waals surface area (Å²) in [6, 6.07) is 0. The van der Waals surface area contributed by atoms with E-state index in [4.69, 9.17) is 12.2 Å². The first-order chi connectivity index (χ1) is 10.7. The van der Waals surface area contributed by atoms with Crippen LogP contribution in [0.15, 0.2) is 0 Å². The lowest BCUT2D eigenvalue weighted by Gasteiger charge is -2.10. The minimum absolute atomic E-state index is 0.287. The Kier molecular flexibility index (Phi) is 2.82. The molecule has 5 atom stereocenters. The number of carbonyl (C=O) groups excluding carboxylic acids is 1. The maximum Gasteiger partial charge on any atom is 0.223 e. The highest BCUT2D eigenvalue weighted by molar-refractivity contribution is 7.71. The molecule has 4 aliphatic rings. The molecule has 5 nitrogen and oxygen atoms in total. The summed E-state index contributed by atoms with van der Waals surface area (Å²) in [5.74, 6) is 5.40. The Labute approximate surface area is 134 Å². The Bertz CT molecular complexity index is 660. The van der Waals surface area contributed by atoms with E-state index < -0.39 is 0 Å². The molecule has 4 fully saturated rings. The first-order valence-corrected chi connectivity index (χ1v) is 9.07. The molecule has 0 aliphatic heterocycles. The highest BCUT2D eigenvalue weighted by atomic mass is 32.1. The van der Waals surface area contributed by atoms with Gasteiger partial charge >= 0.3 is 0 Å². The van der Waals surface area contributed by atoms with Crippen molar-refractivity contribution < 1.29 is 4.79 Å². The van der Waals surface area contributed by atoms with E-state index in [1.165, 1.54) is 32.1 Å². The number of aromatic nitrogens is 3. The van der Waals surface area contributed by atoms with Gasteiger partial charge < -0.3 is 9.88 Å². The van der Waals surface area contributed by atoms with Crippen molar-refractivity contribution in [2.24, 2.45) is 29.6 Å². The zero-order valence-corrected chi connectivity index (χ0v) is 13.4. The SMILES string of the molecule is O=C(NCCn1c(C2CC2)n[nH]c1=S)C1[C@@H]2[C@H]3CC[C@@H](C3)[C@H]12. The van der Waals surface area contributed by atoms with E-state index in [0.29, 0.717) is 23.2 Å². The van der Waals surface area contributed by atoms with Crippen molar-refractivity contribution >= 4 is 18.1 Å². The van der Waals surface area contributed by atoms with Crippen molar-refractivity contribution in [1.29, 1.82) is 0 Å². The van der Waals surface area contributed by atoms with Gasteiger partial charge in [-0.1, -0.05) is 0 Å². The number of fused-ring (bicyclic) bond motifs is 5. The van der Waals surface area contributed by atoms with Crippen LogP contribution < -0.4 is 5.32 Å². The predicted molar refractivity (Wildman–Crippen MR) is 83.7 cm³/mol. The molecule has 0 radical (unpaired) electrons. The molecule has 0 saturated heterocycles. The Morgan fingerprint density at radius 2 is 2.00 bits per heavy atom. The van der Waals surface area contributed by atoms with Crippen LogP contribution in [0.4, 0.5) is 0 Å². The number of hydrogen-bond acceptors (Lipinski definition) is 3. The van der Waals surface area contributed by atoms with Gasteiger partial charge in [-0.25, -0.2) is 0 Å². The van der Waals surface area contributed by atoms with Gasteiger partial charge in [0.25, 0.3) is 0 Å². The van der Waals surface area contributed by atoms with Crippen molar-refractivity contribution in [1.82, 2.24) is 20.1 Å². The number of rotatable bonds is 5. The number of nitrogens with zero attached hydrogens (tertiary/aromatic N) is 2. The van der Waals surface area contributed by atoms with E-state index in [-0.39, 0.29) is 5.91 Å². The molecule has 0 spiro atoms. The number of carbonyl (C=O) groups is 1. The summed E-state index contributed by atoms with van der Waals surface area (Å²) in [5.41, 5.74) is 0. The highest BCUT2D eigenvalue weighted by Crippen LogP contribution is 2.69. The summed E-state index contributed by atoms with van der Waals surface area (Å²) < 4.78 is 2.74. The van der Waals surface area contributed by atoms with Gasteiger partial charge in [-0.15, -0.1) is 0 Å². The summed E-state index contributed by atoms with van der Waals surface area (Å²) in [5, 5.41) is 10.4. The molecule has 1 heterocycles. The molecular formula is C16H22N4OS. The van der Waals surface area contributed by atoms with E-state index >= 15 is 0 Å². The van der Waals surface area contributed by atoms with Crippen molar-refractivity contribution in [3.63, 3.8) is 0 Å². The van der Waals surface area contributed by atoms with Gasteiger partial charge in [0.2, 0.25) is 5.91 Å². The number of aromatic amines is 1. The number of nitrogens with one attached hydrogen (secondary N) is 2. The van der Waals surface area contributed by atoms with Gasteiger partial charge in [-0.2, -0.15) is 5.10 Å². The van der Waals surface area contributed by atoms with Crippen LogP contribution >= 0.6 is 12.2 Å². The highest BCUT2D eigenvalue weighted by Gasteiger charge is 2.67. The van der Waals surface area contributed by atoms with Crippen molar-refractivity contribution in [3.05, 3.63) is 10.6 Å². The predicted octanol–water partition coefficient (Wildman–Crippen LogP) is 2.23. The van der Waals surface area contributed by atoms with Gasteiger partial charge in [-0.05, 0) is 68.0 Å². The third-order valence-corrected chi connectivity index (χ3v) is 6.71. The van der Waals surface area contributed by atoms with Gasteiger partial charge in [-0.3, -0.25) is 9.89 Å². The third-order valence-electron chi connectivity index (χ3n) is 6.40. The fourth-order valence-corrected chi connectivity index (χ4v) is 5.51. The monoisotopic (exact) mass is 318 g/mol. The number of H-pyrrole nitrogens is 1. The largest absolute Gasteiger partial charge is 0.354 e. The standard InChI is InChI=1S/C16H22N4OS/c21-15(13-11-9-3-4-10(7-9)12(11)13)17-5-6-20-14(8-1-2-8)18-19-16(20)22/h8-13H,1-7H2,(H,17,21)(H,19,22)/t9-,10-,11-,12+,13?/m0/s1. The van der Waals surface area contributed by atoms with Crippen LogP contribution in [0.5, 0.6) is 0 Å². The van der Waals surface area contributed by atoms with Gasteiger partial charge in [0.05, 0.1) is 0 Å². The topological polar surface area (TPSA) is 62.7 Å². The van der Waals surface area contributed by atoms with Gasteiger partial charge in [0, 0.05) is 24.9 Å². The molecule has 1 unspecified atom stereocenters. The Balaban J connectivity index is 1.18. The number of hydrogen-bond donors (Lipinski definition) is 2. The number of amides is 1. The zero-order valence-electron chi connectivity index (χ0n) is 12.6. The lowest BCUT2D eigenvalue weighted by atomic mass is 10.0. The van der Waals surface area contributed by atoms with Crippen LogP contribution in [0.1, 0.15) is 43.8 Å². The van der Waals surface area contributed by atoms with E-state index in [9.17, 15) is 4.79 Å². The van der Waals surface area contributed by atoms with Crippen LogP contribution in [0.3, 0.4) is 0 Å². The smallest absolute Gasteiger partial charge is 0.223 e. The van der Waals surface area contributed by atoms with Crippen molar-refractivity contribution in [3.8, 4) is 0 Å². The molecule has 22 heavy (non-hydrogen) atoms. The first kappa shape index (κ1) is 13.3. The lowest BCUT2D eigenvalue weighted by Crippen LogP contribution is -2.30. The maximum atomic E-state index is 12.4. The fourth-order valence-electron chi connectivity index (χ4n) is 5.28. The van der Waals surface area contributed by atoms with E-state index in [2.05, 4.69) is 20.1 Å². The first-order valence-electron chi connectivity index (χ1n) is 8.67. The van der Waals surface area contributed by atoms with E-state index in [0.717, 1.165) is 36.0 Å². The summed E-state index contributed by atoms with van der Waals surface area (Å²) in [6.07, 6.45) is 6.55. The molecule has 2 bridgehead atoms. The molecule has 4 aliphatic carbocycles. The summed E-state index contributed by atoms with van der Waals surface area (Å²) in [6.45, 7) is 1.40. The lowest BCUT2D eigenvalue weighted by molar-refractivity contribution is -0.123. The second-order valence-electron chi connectivity index (χ2n) is 7.62. The maximum absolute atomic E-state index is 12.4. The van der Waals surface area contributed by atoms with E-state index in [1.54, 1.807) is 0 Å². The second-order valence-corrected chi connectivity index (χ2v) is 8.00. The average Bonchev–Trinajstić information content (AvgIpc) is 3.39. The Hall–Kier alpha value is -1.17. The van der Waals surface area contributed by atoms with Crippen molar-refractivity contribution in [2.75, 3.05) is 6.54 Å². The second kappa shape index (κ2) is 4.66. The summed E-state index contributed by atoms with van der Waals surface area (Å²) >= 11 is 5.30. The summed E-state index contributed by atoms with van der Waals surface area (Å²) in [7, 11) is 0. The van der Waals surface area contributed by atoms with Gasteiger partial charge in [0.1, 0.15) is 5.82 Å². The molecule has 118 valence electrons. The van der Waals surface area contributed by atoms with Crippen LogP contribution in [0, 0.1) is 34.4 Å². The minimum atomic E-state index is 0.287. The molecule has 5 rings (SSSR count). The fraction of sp³-hybridized carbons (Fsp3) is 0.812. The normalized spacial score (nSPS) is 38.1. The molecule has 4 saturated carbocycles. The van der Waals surface area contributed by atoms with E-state index in [1.807, 2.05) is 0 Å². The molecule has 6 heteroatoms. The van der Waals surface area contributed by atoms with Crippen molar-refractivity contribution in [2.45, 2.75) is 44.6 Å². The Morgan fingerprint density at radius 3 is 2.68 bits per heavy atom. The average molecular weight is 318 g/mol. The molecule has 0 aromatic carbocycles. The third kappa shape index (κ3) is 1.92. The van der Waals surface area contributed by atoms with Gasteiger partial charge in [0.15, 0.2) is 4.77 Å².